The zero-order valence-electron chi connectivity index (χ0n) is 33.3. The monoisotopic (exact) mass is 769 g/mol. The van der Waals surface area contributed by atoms with Crippen LogP contribution >= 0.6 is 0 Å². The molecule has 0 N–H and O–H groups in total. The molecule has 284 valence electrons. The summed E-state index contributed by atoms with van der Waals surface area (Å²) in [6.45, 7) is 4.69. The van der Waals surface area contributed by atoms with Gasteiger partial charge in [-0.1, -0.05) is 153 Å². The molecule has 12 rings (SSSR count). The third-order valence-corrected chi connectivity index (χ3v) is 12.7. The summed E-state index contributed by atoms with van der Waals surface area (Å²) in [6.07, 6.45) is 0. The Kier molecular flexibility index (Phi) is 7.58. The highest BCUT2D eigenvalue weighted by atomic mass is 16.3. The summed E-state index contributed by atoms with van der Waals surface area (Å²) in [5.41, 5.74) is 18.7. The number of furan rings is 2. The minimum Gasteiger partial charge on any atom is -0.456 e. The van der Waals surface area contributed by atoms with E-state index in [0.717, 1.165) is 83.2 Å². The van der Waals surface area contributed by atoms with Gasteiger partial charge in [0.05, 0.1) is 0 Å². The van der Waals surface area contributed by atoms with Gasteiger partial charge in [0.2, 0.25) is 0 Å². The van der Waals surface area contributed by atoms with Crippen molar-refractivity contribution in [3.8, 4) is 44.5 Å². The second-order valence-corrected chi connectivity index (χ2v) is 16.4. The Morgan fingerprint density at radius 3 is 1.78 bits per heavy atom. The van der Waals surface area contributed by atoms with Crippen LogP contribution in [0.15, 0.2) is 209 Å². The molecule has 9 aromatic carbocycles. The van der Waals surface area contributed by atoms with Gasteiger partial charge < -0.3 is 13.7 Å². The number of para-hydroxylation sites is 2. The van der Waals surface area contributed by atoms with Crippen LogP contribution in [-0.4, -0.2) is 0 Å². The normalized spacial score (nSPS) is 13.0. The van der Waals surface area contributed by atoms with Crippen LogP contribution in [-0.2, 0) is 5.41 Å². The van der Waals surface area contributed by atoms with E-state index < -0.39 is 0 Å². The maximum Gasteiger partial charge on any atom is 0.137 e. The van der Waals surface area contributed by atoms with Crippen molar-refractivity contribution in [3.63, 3.8) is 0 Å². The van der Waals surface area contributed by atoms with Gasteiger partial charge in [-0.15, -0.1) is 0 Å². The zero-order chi connectivity index (χ0) is 40.0. The standard InChI is InChI=1S/C57H39NO2/c1-57(2)49-24-11-8-20-43(49)44-29-27-39(34-50(44)57)58(40-28-30-46-45-21-9-12-25-51(45)60-54(46)35-40)38-18-14-17-37(33-38)42-31-32-53-56(48-23-10-13-26-52(48)59-53)55(42)47-22-7-6-19-41(47)36-15-4-3-5-16-36/h3-35H,1-2H3. The highest BCUT2D eigenvalue weighted by Gasteiger charge is 2.36. The molecule has 0 unspecified atom stereocenters. The molecule has 3 nitrogen and oxygen atoms in total. The maximum absolute atomic E-state index is 6.55. The SMILES string of the molecule is CC1(C)c2ccccc2-c2ccc(N(c3cccc(-c4ccc5oc6ccccc6c5c4-c4ccccc4-c4ccccc4)c3)c3ccc4c(c3)oc3ccccc34)cc21. The van der Waals surface area contributed by atoms with Gasteiger partial charge in [-0.3, -0.25) is 0 Å². The Balaban J connectivity index is 1.09. The van der Waals surface area contributed by atoms with Crippen LogP contribution in [0.1, 0.15) is 25.0 Å². The second kappa shape index (κ2) is 13.2. The second-order valence-electron chi connectivity index (χ2n) is 16.4. The first-order valence-electron chi connectivity index (χ1n) is 20.7. The predicted octanol–water partition coefficient (Wildman–Crippen LogP) is 16.3. The fraction of sp³-hybridized carbons (Fsp3) is 0.0526. The van der Waals surface area contributed by atoms with E-state index in [9.17, 15) is 0 Å². The zero-order valence-corrected chi connectivity index (χ0v) is 33.3. The van der Waals surface area contributed by atoms with E-state index in [1.807, 2.05) is 18.2 Å². The molecule has 0 bridgehead atoms. The molecule has 11 aromatic rings. The molecule has 1 aliphatic carbocycles. The van der Waals surface area contributed by atoms with Crippen molar-refractivity contribution in [2.24, 2.45) is 0 Å². The van der Waals surface area contributed by atoms with Crippen molar-refractivity contribution in [2.75, 3.05) is 4.90 Å². The van der Waals surface area contributed by atoms with E-state index in [1.165, 1.54) is 33.4 Å². The molecule has 0 fully saturated rings. The van der Waals surface area contributed by atoms with Crippen LogP contribution in [0.2, 0.25) is 0 Å². The van der Waals surface area contributed by atoms with E-state index in [1.54, 1.807) is 0 Å². The summed E-state index contributed by atoms with van der Waals surface area (Å²) in [4.78, 5) is 2.39. The summed E-state index contributed by atoms with van der Waals surface area (Å²) < 4.78 is 13.0. The lowest BCUT2D eigenvalue weighted by Crippen LogP contribution is -2.16. The van der Waals surface area contributed by atoms with Crippen LogP contribution in [0.5, 0.6) is 0 Å². The number of fused-ring (bicyclic) bond motifs is 9. The fourth-order valence-corrected chi connectivity index (χ4v) is 9.85. The van der Waals surface area contributed by atoms with Crippen molar-refractivity contribution in [3.05, 3.63) is 211 Å². The largest absolute Gasteiger partial charge is 0.456 e. The average molecular weight is 770 g/mol. The van der Waals surface area contributed by atoms with Crippen LogP contribution in [0.3, 0.4) is 0 Å². The Labute approximate surface area is 348 Å². The van der Waals surface area contributed by atoms with Crippen molar-refractivity contribution in [2.45, 2.75) is 19.3 Å². The molecular formula is C57H39NO2. The number of anilines is 3. The van der Waals surface area contributed by atoms with E-state index in [-0.39, 0.29) is 5.41 Å². The van der Waals surface area contributed by atoms with Gasteiger partial charge in [-0.2, -0.15) is 0 Å². The van der Waals surface area contributed by atoms with Crippen LogP contribution < -0.4 is 4.90 Å². The molecule has 0 saturated heterocycles. The van der Waals surface area contributed by atoms with Gasteiger partial charge in [-0.05, 0) is 105 Å². The van der Waals surface area contributed by atoms with Gasteiger partial charge in [0, 0.05) is 55.7 Å². The number of benzene rings is 9. The first kappa shape index (κ1) is 34.4. The highest BCUT2D eigenvalue weighted by molar-refractivity contribution is 6.17. The first-order valence-corrected chi connectivity index (χ1v) is 20.7. The van der Waals surface area contributed by atoms with Gasteiger partial charge >= 0.3 is 0 Å². The molecule has 2 aromatic heterocycles. The minimum absolute atomic E-state index is 0.151. The lowest BCUT2D eigenvalue weighted by atomic mass is 9.82. The average Bonchev–Trinajstić information content (AvgIpc) is 3.94. The minimum atomic E-state index is -0.151. The molecule has 1 aliphatic rings. The van der Waals surface area contributed by atoms with Crippen molar-refractivity contribution < 1.29 is 8.83 Å². The van der Waals surface area contributed by atoms with E-state index in [4.69, 9.17) is 8.83 Å². The molecule has 0 amide bonds. The van der Waals surface area contributed by atoms with Crippen molar-refractivity contribution >= 4 is 60.9 Å². The quantitative estimate of drug-likeness (QED) is 0.169. The van der Waals surface area contributed by atoms with E-state index in [2.05, 4.69) is 201 Å². The fourth-order valence-electron chi connectivity index (χ4n) is 9.85. The van der Waals surface area contributed by atoms with Gasteiger partial charge in [0.25, 0.3) is 0 Å². The molecule has 0 radical (unpaired) electrons. The number of hydrogen-bond donors (Lipinski definition) is 0. The molecule has 2 heterocycles. The van der Waals surface area contributed by atoms with Gasteiger partial charge in [0.15, 0.2) is 0 Å². The topological polar surface area (TPSA) is 29.5 Å². The summed E-state index contributed by atoms with van der Waals surface area (Å²) in [6, 6.07) is 72.0. The Hall–Kier alpha value is -7.62. The lowest BCUT2D eigenvalue weighted by molar-refractivity contribution is 0.660. The predicted molar refractivity (Wildman–Crippen MR) is 250 cm³/mol. The molecular weight excluding hydrogens is 731 g/mol. The number of hydrogen-bond acceptors (Lipinski definition) is 3. The summed E-state index contributed by atoms with van der Waals surface area (Å²) in [5, 5.41) is 4.45. The maximum atomic E-state index is 6.55. The van der Waals surface area contributed by atoms with Crippen LogP contribution in [0, 0.1) is 0 Å². The Morgan fingerprint density at radius 1 is 0.350 bits per heavy atom. The Bertz CT molecular complexity index is 3480. The van der Waals surface area contributed by atoms with Gasteiger partial charge in [-0.25, -0.2) is 0 Å². The third kappa shape index (κ3) is 5.22. The molecule has 0 spiro atoms. The summed E-state index contributed by atoms with van der Waals surface area (Å²) in [7, 11) is 0. The molecule has 0 atom stereocenters. The summed E-state index contributed by atoms with van der Waals surface area (Å²) in [5.74, 6) is 0. The number of rotatable bonds is 6. The number of nitrogens with zero attached hydrogens (tertiary/aromatic N) is 1. The van der Waals surface area contributed by atoms with Crippen LogP contribution in [0.4, 0.5) is 17.1 Å². The highest BCUT2D eigenvalue weighted by Crippen LogP contribution is 2.52. The van der Waals surface area contributed by atoms with E-state index >= 15 is 0 Å². The first-order chi connectivity index (χ1) is 29.5. The van der Waals surface area contributed by atoms with E-state index in [0.29, 0.717) is 0 Å². The summed E-state index contributed by atoms with van der Waals surface area (Å²) >= 11 is 0. The van der Waals surface area contributed by atoms with Crippen molar-refractivity contribution in [1.82, 2.24) is 0 Å². The van der Waals surface area contributed by atoms with Crippen LogP contribution in [0.25, 0.3) is 88.4 Å². The smallest absolute Gasteiger partial charge is 0.137 e. The van der Waals surface area contributed by atoms with Gasteiger partial charge in [0.1, 0.15) is 22.3 Å². The molecule has 3 heteroatoms. The third-order valence-electron chi connectivity index (χ3n) is 12.7. The molecule has 0 saturated carbocycles. The lowest BCUT2D eigenvalue weighted by Gasteiger charge is -2.28. The molecule has 60 heavy (non-hydrogen) atoms. The van der Waals surface area contributed by atoms with Crippen molar-refractivity contribution in [1.29, 1.82) is 0 Å². The Morgan fingerprint density at radius 2 is 0.933 bits per heavy atom. The molecule has 0 aliphatic heterocycles.